The monoisotopic (exact) mass is 290 g/mol. The SMILES string of the molecule is CC(=O)Nc1nc(C(=O)Nc2cnc(C)c(C)c2)cs1. The predicted octanol–water partition coefficient (Wildman–Crippen LogP) is 2.37. The average Bonchev–Trinajstić information content (AvgIpc) is 2.81. The Bertz CT molecular complexity index is 666. The summed E-state index contributed by atoms with van der Waals surface area (Å²) in [6.45, 7) is 5.22. The number of amides is 2. The summed E-state index contributed by atoms with van der Waals surface area (Å²) in [5.41, 5.74) is 2.80. The van der Waals surface area contributed by atoms with Gasteiger partial charge in [0.1, 0.15) is 5.69 Å². The van der Waals surface area contributed by atoms with Crippen LogP contribution >= 0.6 is 11.3 Å². The van der Waals surface area contributed by atoms with Crippen molar-refractivity contribution in [3.8, 4) is 0 Å². The standard InChI is InChI=1S/C13H14N4O2S/c1-7-4-10(5-14-8(7)2)16-12(19)11-6-20-13(17-11)15-9(3)18/h4-6H,1-3H3,(H,16,19)(H,15,17,18). The molecule has 0 aliphatic rings. The fourth-order valence-corrected chi connectivity index (χ4v) is 2.23. The van der Waals surface area contributed by atoms with E-state index in [1.54, 1.807) is 11.6 Å². The van der Waals surface area contributed by atoms with Crippen LogP contribution in [0, 0.1) is 13.8 Å². The lowest BCUT2D eigenvalue weighted by molar-refractivity contribution is -0.114. The number of pyridine rings is 1. The first-order valence-corrected chi connectivity index (χ1v) is 6.81. The molecule has 0 saturated carbocycles. The van der Waals surface area contributed by atoms with Crippen LogP contribution in [0.25, 0.3) is 0 Å². The number of rotatable bonds is 3. The molecular formula is C13H14N4O2S. The highest BCUT2D eigenvalue weighted by Crippen LogP contribution is 2.17. The molecule has 0 saturated heterocycles. The van der Waals surface area contributed by atoms with Gasteiger partial charge in [-0.1, -0.05) is 0 Å². The summed E-state index contributed by atoms with van der Waals surface area (Å²) in [4.78, 5) is 31.1. The summed E-state index contributed by atoms with van der Waals surface area (Å²) in [6.07, 6.45) is 1.60. The molecule has 0 fully saturated rings. The number of aryl methyl sites for hydroxylation is 2. The van der Waals surface area contributed by atoms with E-state index in [0.717, 1.165) is 11.3 Å². The second-order valence-electron chi connectivity index (χ2n) is 4.30. The highest BCUT2D eigenvalue weighted by Gasteiger charge is 2.12. The van der Waals surface area contributed by atoms with Gasteiger partial charge in [-0.15, -0.1) is 11.3 Å². The van der Waals surface area contributed by atoms with E-state index >= 15 is 0 Å². The minimum atomic E-state index is -0.331. The van der Waals surface area contributed by atoms with Crippen LogP contribution < -0.4 is 10.6 Å². The van der Waals surface area contributed by atoms with Gasteiger partial charge in [0.15, 0.2) is 5.13 Å². The van der Waals surface area contributed by atoms with Gasteiger partial charge >= 0.3 is 0 Å². The molecule has 6 nitrogen and oxygen atoms in total. The zero-order valence-corrected chi connectivity index (χ0v) is 12.2. The zero-order chi connectivity index (χ0) is 14.7. The summed E-state index contributed by atoms with van der Waals surface area (Å²) in [5, 5.41) is 7.26. The van der Waals surface area contributed by atoms with E-state index in [0.29, 0.717) is 10.8 Å². The van der Waals surface area contributed by atoms with Crippen molar-refractivity contribution >= 4 is 34.0 Å². The number of carbonyl (C=O) groups is 2. The Morgan fingerprint density at radius 1 is 1.25 bits per heavy atom. The Balaban J connectivity index is 2.09. The molecule has 0 aliphatic carbocycles. The number of aromatic nitrogens is 2. The van der Waals surface area contributed by atoms with E-state index < -0.39 is 0 Å². The molecule has 0 aromatic carbocycles. The maximum Gasteiger partial charge on any atom is 0.275 e. The molecule has 0 atom stereocenters. The van der Waals surface area contributed by atoms with Gasteiger partial charge in [-0.3, -0.25) is 14.6 Å². The highest BCUT2D eigenvalue weighted by atomic mass is 32.1. The van der Waals surface area contributed by atoms with E-state index in [1.807, 2.05) is 19.9 Å². The van der Waals surface area contributed by atoms with Crippen LogP contribution in [0.5, 0.6) is 0 Å². The first-order chi connectivity index (χ1) is 9.45. The van der Waals surface area contributed by atoms with Crippen LogP contribution in [0.15, 0.2) is 17.6 Å². The molecule has 0 bridgehead atoms. The largest absolute Gasteiger partial charge is 0.319 e. The molecule has 0 aliphatic heterocycles. The highest BCUT2D eigenvalue weighted by molar-refractivity contribution is 7.14. The Morgan fingerprint density at radius 2 is 2.00 bits per heavy atom. The van der Waals surface area contributed by atoms with Gasteiger partial charge in [0.2, 0.25) is 5.91 Å². The van der Waals surface area contributed by atoms with Crippen molar-refractivity contribution < 1.29 is 9.59 Å². The van der Waals surface area contributed by atoms with E-state index in [2.05, 4.69) is 20.6 Å². The van der Waals surface area contributed by atoms with Crippen LogP contribution in [-0.2, 0) is 4.79 Å². The van der Waals surface area contributed by atoms with Crippen LogP contribution in [0.4, 0.5) is 10.8 Å². The zero-order valence-electron chi connectivity index (χ0n) is 11.4. The van der Waals surface area contributed by atoms with Gasteiger partial charge in [-0.05, 0) is 25.5 Å². The van der Waals surface area contributed by atoms with Crippen LogP contribution in [-0.4, -0.2) is 21.8 Å². The topological polar surface area (TPSA) is 84.0 Å². The number of hydrogen-bond acceptors (Lipinski definition) is 5. The normalized spacial score (nSPS) is 10.2. The number of thiazole rings is 1. The lowest BCUT2D eigenvalue weighted by Gasteiger charge is -2.05. The molecule has 2 aromatic rings. The fourth-order valence-electron chi connectivity index (χ4n) is 1.49. The maximum absolute atomic E-state index is 12.0. The third-order valence-electron chi connectivity index (χ3n) is 2.62. The maximum atomic E-state index is 12.0. The first kappa shape index (κ1) is 14.1. The van der Waals surface area contributed by atoms with Gasteiger partial charge in [-0.25, -0.2) is 4.98 Å². The Hall–Kier alpha value is -2.28. The van der Waals surface area contributed by atoms with Crippen molar-refractivity contribution in [2.45, 2.75) is 20.8 Å². The average molecular weight is 290 g/mol. The lowest BCUT2D eigenvalue weighted by Crippen LogP contribution is -2.13. The number of anilines is 2. The summed E-state index contributed by atoms with van der Waals surface area (Å²) >= 11 is 1.20. The number of nitrogens with zero attached hydrogens (tertiary/aromatic N) is 2. The van der Waals surface area contributed by atoms with Crippen molar-refractivity contribution in [2.24, 2.45) is 0 Å². The molecule has 0 unspecified atom stereocenters. The summed E-state index contributed by atoms with van der Waals surface area (Å²) in [6, 6.07) is 1.85. The van der Waals surface area contributed by atoms with E-state index in [1.165, 1.54) is 18.3 Å². The van der Waals surface area contributed by atoms with Gasteiger partial charge in [-0.2, -0.15) is 0 Å². The minimum Gasteiger partial charge on any atom is -0.319 e. The smallest absolute Gasteiger partial charge is 0.275 e. The molecule has 20 heavy (non-hydrogen) atoms. The van der Waals surface area contributed by atoms with E-state index in [9.17, 15) is 9.59 Å². The van der Waals surface area contributed by atoms with Crippen LogP contribution in [0.1, 0.15) is 28.7 Å². The number of nitrogens with one attached hydrogen (secondary N) is 2. The van der Waals surface area contributed by atoms with Crippen molar-refractivity contribution in [1.29, 1.82) is 0 Å². The predicted molar refractivity (Wildman–Crippen MR) is 78.1 cm³/mol. The van der Waals surface area contributed by atoms with E-state index in [4.69, 9.17) is 0 Å². The molecule has 2 N–H and O–H groups in total. The van der Waals surface area contributed by atoms with Gasteiger partial charge in [0.25, 0.3) is 5.91 Å². The van der Waals surface area contributed by atoms with Gasteiger partial charge in [0, 0.05) is 18.0 Å². The Kier molecular flexibility index (Phi) is 4.09. The van der Waals surface area contributed by atoms with Crippen LogP contribution in [0.3, 0.4) is 0 Å². The van der Waals surface area contributed by atoms with Crippen molar-refractivity contribution in [3.05, 3.63) is 34.6 Å². The first-order valence-electron chi connectivity index (χ1n) is 5.93. The lowest BCUT2D eigenvalue weighted by atomic mass is 10.2. The van der Waals surface area contributed by atoms with Gasteiger partial charge in [0.05, 0.1) is 11.9 Å². The third-order valence-corrected chi connectivity index (χ3v) is 3.38. The molecule has 2 rings (SSSR count). The second-order valence-corrected chi connectivity index (χ2v) is 5.16. The molecular weight excluding hydrogens is 276 g/mol. The minimum absolute atomic E-state index is 0.218. The molecule has 2 amide bonds. The van der Waals surface area contributed by atoms with Crippen molar-refractivity contribution in [2.75, 3.05) is 10.6 Å². The summed E-state index contributed by atoms with van der Waals surface area (Å²) < 4.78 is 0. The summed E-state index contributed by atoms with van der Waals surface area (Å²) in [5.74, 6) is -0.549. The Labute approximate surface area is 120 Å². The van der Waals surface area contributed by atoms with Crippen molar-refractivity contribution in [1.82, 2.24) is 9.97 Å². The molecule has 104 valence electrons. The quantitative estimate of drug-likeness (QED) is 0.909. The molecule has 2 aromatic heterocycles. The fraction of sp³-hybridized carbons (Fsp3) is 0.231. The van der Waals surface area contributed by atoms with Gasteiger partial charge < -0.3 is 10.6 Å². The molecule has 0 spiro atoms. The number of carbonyl (C=O) groups excluding carboxylic acids is 2. The number of hydrogen-bond donors (Lipinski definition) is 2. The van der Waals surface area contributed by atoms with Crippen LogP contribution in [0.2, 0.25) is 0 Å². The third kappa shape index (κ3) is 3.39. The molecule has 0 radical (unpaired) electrons. The molecule has 2 heterocycles. The van der Waals surface area contributed by atoms with Crippen molar-refractivity contribution in [3.63, 3.8) is 0 Å². The van der Waals surface area contributed by atoms with E-state index in [-0.39, 0.29) is 17.5 Å². The Morgan fingerprint density at radius 3 is 2.65 bits per heavy atom. The second kappa shape index (κ2) is 5.79. The molecule has 7 heteroatoms. The summed E-state index contributed by atoms with van der Waals surface area (Å²) in [7, 11) is 0.